The summed E-state index contributed by atoms with van der Waals surface area (Å²) < 4.78 is 13.3. The van der Waals surface area contributed by atoms with Gasteiger partial charge >= 0.3 is 0 Å². The molecule has 0 spiro atoms. The van der Waals surface area contributed by atoms with Crippen LogP contribution in [-0.4, -0.2) is 6.17 Å². The van der Waals surface area contributed by atoms with E-state index in [9.17, 15) is 4.39 Å². The normalized spacial score (nSPS) is 14.5. The molecule has 0 aromatic rings. The number of unbranched alkanes of at least 4 members (excludes halogenated alkanes) is 3. The lowest BCUT2D eigenvalue weighted by Gasteiger charge is -2.13. The van der Waals surface area contributed by atoms with E-state index in [-0.39, 0.29) is 5.92 Å². The summed E-state index contributed by atoms with van der Waals surface area (Å²) in [7, 11) is 0. The molecule has 0 saturated carbocycles. The zero-order valence-electron chi connectivity index (χ0n) is 9.56. The fourth-order valence-electron chi connectivity index (χ4n) is 1.40. The summed E-state index contributed by atoms with van der Waals surface area (Å²) in [6, 6.07) is 0. The maximum Gasteiger partial charge on any atom is 0.103 e. The molecule has 0 saturated heterocycles. The SMILES string of the molecule is C=C=CCCCCCC(F)C(C)CC. The Labute approximate surface area is 87.9 Å². The molecular formula is C13H23F. The predicted molar refractivity (Wildman–Crippen MR) is 61.1 cm³/mol. The molecule has 0 amide bonds. The largest absolute Gasteiger partial charge is 0.247 e. The zero-order chi connectivity index (χ0) is 10.8. The quantitative estimate of drug-likeness (QED) is 0.393. The molecule has 0 aliphatic heterocycles. The lowest BCUT2D eigenvalue weighted by atomic mass is 9.98. The molecule has 0 heterocycles. The highest BCUT2D eigenvalue weighted by molar-refractivity contribution is 4.75. The monoisotopic (exact) mass is 198 g/mol. The van der Waals surface area contributed by atoms with Crippen LogP contribution in [0.3, 0.4) is 0 Å². The Bertz CT molecular complexity index is 168. The van der Waals surface area contributed by atoms with Gasteiger partial charge in [0.05, 0.1) is 0 Å². The second-order valence-electron chi connectivity index (χ2n) is 3.95. The molecule has 0 aromatic carbocycles. The molecule has 14 heavy (non-hydrogen) atoms. The van der Waals surface area contributed by atoms with Gasteiger partial charge in [-0.3, -0.25) is 0 Å². The van der Waals surface area contributed by atoms with Gasteiger partial charge < -0.3 is 0 Å². The standard InChI is InChI=1S/C13H23F/c1-4-6-7-8-9-10-11-13(14)12(3)5-2/h6,12-13H,1,5,7-11H2,2-3H3. The van der Waals surface area contributed by atoms with E-state index in [1.54, 1.807) is 0 Å². The highest BCUT2D eigenvalue weighted by atomic mass is 19.1. The van der Waals surface area contributed by atoms with E-state index in [0.717, 1.165) is 38.5 Å². The first-order valence-corrected chi connectivity index (χ1v) is 5.70. The molecule has 0 aliphatic carbocycles. The predicted octanol–water partition coefficient (Wildman–Crippen LogP) is 4.66. The number of rotatable bonds is 8. The lowest BCUT2D eigenvalue weighted by molar-refractivity contribution is 0.217. The highest BCUT2D eigenvalue weighted by Crippen LogP contribution is 2.18. The molecule has 0 N–H and O–H groups in total. The van der Waals surface area contributed by atoms with Crippen LogP contribution in [0.5, 0.6) is 0 Å². The molecule has 2 unspecified atom stereocenters. The molecule has 0 radical (unpaired) electrons. The zero-order valence-corrected chi connectivity index (χ0v) is 9.56. The molecule has 82 valence electrons. The Kier molecular flexibility index (Phi) is 8.67. The van der Waals surface area contributed by atoms with Crippen LogP contribution in [0.4, 0.5) is 4.39 Å². The van der Waals surface area contributed by atoms with Crippen LogP contribution < -0.4 is 0 Å². The van der Waals surface area contributed by atoms with Gasteiger partial charge in [-0.15, -0.1) is 5.73 Å². The Morgan fingerprint density at radius 2 is 2.07 bits per heavy atom. The average molecular weight is 198 g/mol. The average Bonchev–Trinajstić information content (AvgIpc) is 2.21. The van der Waals surface area contributed by atoms with Crippen molar-refractivity contribution in [2.45, 2.75) is 58.5 Å². The summed E-state index contributed by atoms with van der Waals surface area (Å²) in [6.07, 6.45) is 7.31. The first-order chi connectivity index (χ1) is 6.72. The van der Waals surface area contributed by atoms with Crippen LogP contribution in [0.2, 0.25) is 0 Å². The third-order valence-corrected chi connectivity index (χ3v) is 2.73. The second-order valence-corrected chi connectivity index (χ2v) is 3.95. The summed E-state index contributed by atoms with van der Waals surface area (Å²) in [5.41, 5.74) is 2.75. The molecular weight excluding hydrogens is 175 g/mol. The first kappa shape index (κ1) is 13.4. The minimum absolute atomic E-state index is 0.225. The van der Waals surface area contributed by atoms with Crippen LogP contribution in [0.1, 0.15) is 52.4 Å². The van der Waals surface area contributed by atoms with E-state index < -0.39 is 6.17 Å². The fourth-order valence-corrected chi connectivity index (χ4v) is 1.40. The molecule has 0 aliphatic rings. The van der Waals surface area contributed by atoms with Gasteiger partial charge in [0.2, 0.25) is 0 Å². The number of hydrogen-bond donors (Lipinski definition) is 0. The summed E-state index contributed by atoms with van der Waals surface area (Å²) in [6.45, 7) is 7.54. The van der Waals surface area contributed by atoms with Crippen molar-refractivity contribution in [3.05, 3.63) is 18.4 Å². The second kappa shape index (κ2) is 9.02. The summed E-state index contributed by atoms with van der Waals surface area (Å²) >= 11 is 0. The third-order valence-electron chi connectivity index (χ3n) is 2.73. The van der Waals surface area contributed by atoms with Gasteiger partial charge in [0.25, 0.3) is 0 Å². The van der Waals surface area contributed by atoms with Crippen molar-refractivity contribution in [3.63, 3.8) is 0 Å². The first-order valence-electron chi connectivity index (χ1n) is 5.70. The van der Waals surface area contributed by atoms with Gasteiger partial charge in [0, 0.05) is 0 Å². The Balaban J connectivity index is 3.31. The smallest absolute Gasteiger partial charge is 0.103 e. The van der Waals surface area contributed by atoms with E-state index in [1.807, 2.05) is 19.9 Å². The van der Waals surface area contributed by atoms with Crippen LogP contribution in [0, 0.1) is 5.92 Å². The van der Waals surface area contributed by atoms with E-state index in [1.165, 1.54) is 0 Å². The molecule has 0 rings (SSSR count). The maximum absolute atomic E-state index is 13.3. The highest BCUT2D eigenvalue weighted by Gasteiger charge is 2.12. The fraction of sp³-hybridized carbons (Fsp3) is 0.769. The van der Waals surface area contributed by atoms with Gasteiger partial charge in [-0.05, 0) is 31.3 Å². The van der Waals surface area contributed by atoms with Crippen LogP contribution in [0.25, 0.3) is 0 Å². The minimum Gasteiger partial charge on any atom is -0.247 e. The van der Waals surface area contributed by atoms with Gasteiger partial charge in [-0.1, -0.05) is 39.7 Å². The van der Waals surface area contributed by atoms with Crippen molar-refractivity contribution in [2.75, 3.05) is 0 Å². The number of alkyl halides is 1. The summed E-state index contributed by atoms with van der Waals surface area (Å²) in [5, 5.41) is 0. The maximum atomic E-state index is 13.3. The number of allylic oxidation sites excluding steroid dienone is 1. The van der Waals surface area contributed by atoms with Gasteiger partial charge in [-0.25, -0.2) is 4.39 Å². The molecule has 1 heteroatoms. The van der Waals surface area contributed by atoms with Gasteiger partial charge in [0.1, 0.15) is 6.17 Å². The molecule has 0 nitrogen and oxygen atoms in total. The van der Waals surface area contributed by atoms with Crippen LogP contribution in [0.15, 0.2) is 18.4 Å². The molecule has 0 bridgehead atoms. The van der Waals surface area contributed by atoms with E-state index in [4.69, 9.17) is 0 Å². The summed E-state index contributed by atoms with van der Waals surface area (Å²) in [5.74, 6) is 0.225. The van der Waals surface area contributed by atoms with Crippen molar-refractivity contribution < 1.29 is 4.39 Å². The van der Waals surface area contributed by atoms with Crippen molar-refractivity contribution in [1.82, 2.24) is 0 Å². The number of hydrogen-bond acceptors (Lipinski definition) is 0. The van der Waals surface area contributed by atoms with Crippen LogP contribution >= 0.6 is 0 Å². The molecule has 0 aromatic heterocycles. The Morgan fingerprint density at radius 3 is 2.64 bits per heavy atom. The topological polar surface area (TPSA) is 0 Å². The minimum atomic E-state index is -0.602. The van der Waals surface area contributed by atoms with E-state index in [0.29, 0.717) is 0 Å². The number of halogens is 1. The summed E-state index contributed by atoms with van der Waals surface area (Å²) in [4.78, 5) is 0. The van der Waals surface area contributed by atoms with E-state index >= 15 is 0 Å². The van der Waals surface area contributed by atoms with Crippen molar-refractivity contribution in [2.24, 2.45) is 5.92 Å². The molecule has 0 fully saturated rings. The third kappa shape index (κ3) is 6.91. The van der Waals surface area contributed by atoms with E-state index in [2.05, 4.69) is 12.3 Å². The van der Waals surface area contributed by atoms with Crippen LogP contribution in [-0.2, 0) is 0 Å². The lowest BCUT2D eigenvalue weighted by Crippen LogP contribution is -2.11. The van der Waals surface area contributed by atoms with Gasteiger partial charge in [0.15, 0.2) is 0 Å². The Morgan fingerprint density at radius 1 is 1.36 bits per heavy atom. The molecule has 2 atom stereocenters. The van der Waals surface area contributed by atoms with Gasteiger partial charge in [-0.2, -0.15) is 0 Å². The Hall–Kier alpha value is -0.550. The van der Waals surface area contributed by atoms with Crippen molar-refractivity contribution in [1.29, 1.82) is 0 Å². The van der Waals surface area contributed by atoms with Crippen molar-refractivity contribution >= 4 is 0 Å². The van der Waals surface area contributed by atoms with Crippen molar-refractivity contribution in [3.8, 4) is 0 Å².